The lowest BCUT2D eigenvalue weighted by molar-refractivity contribution is -0.870. The molecule has 2 aromatic rings. The van der Waals surface area contributed by atoms with Crippen molar-refractivity contribution in [3.63, 3.8) is 0 Å². The smallest absolute Gasteiger partial charge is 0.125 e. The van der Waals surface area contributed by atoms with Gasteiger partial charge in [0.25, 0.3) is 0 Å². The van der Waals surface area contributed by atoms with Crippen molar-refractivity contribution in [3.8, 4) is 0 Å². The van der Waals surface area contributed by atoms with Crippen molar-refractivity contribution in [1.82, 2.24) is 4.98 Å². The minimum Gasteiger partial charge on any atom is -0.361 e. The Morgan fingerprint density at radius 1 is 1.10 bits per heavy atom. The molecule has 0 aliphatic carbocycles. The van der Waals surface area contributed by atoms with Gasteiger partial charge < -0.3 is 9.22 Å². The second kappa shape index (κ2) is 7.03. The summed E-state index contributed by atoms with van der Waals surface area (Å²) in [6.45, 7) is 1.62. The SMILES string of the molecule is C[N+](C)(C)CCOC(c1ccc(Cl)cc1)c1ccccn1. The van der Waals surface area contributed by atoms with Crippen LogP contribution in [0.15, 0.2) is 48.7 Å². The zero-order valence-corrected chi connectivity index (χ0v) is 13.5. The third kappa shape index (κ3) is 5.12. The molecule has 0 radical (unpaired) electrons. The van der Waals surface area contributed by atoms with Crippen LogP contribution in [0.5, 0.6) is 0 Å². The minimum atomic E-state index is -0.157. The van der Waals surface area contributed by atoms with Crippen molar-refractivity contribution in [2.75, 3.05) is 34.3 Å². The van der Waals surface area contributed by atoms with Crippen molar-refractivity contribution in [1.29, 1.82) is 0 Å². The van der Waals surface area contributed by atoms with Gasteiger partial charge in [0.15, 0.2) is 0 Å². The number of benzene rings is 1. The summed E-state index contributed by atoms with van der Waals surface area (Å²) in [7, 11) is 6.46. The van der Waals surface area contributed by atoms with Crippen molar-refractivity contribution in [3.05, 3.63) is 64.9 Å². The molecule has 3 nitrogen and oxygen atoms in total. The van der Waals surface area contributed by atoms with E-state index in [2.05, 4.69) is 26.1 Å². The van der Waals surface area contributed by atoms with Gasteiger partial charge in [0, 0.05) is 11.2 Å². The summed E-state index contributed by atoms with van der Waals surface area (Å²) in [5.74, 6) is 0. The molecule has 1 heterocycles. The Hall–Kier alpha value is -1.42. The summed E-state index contributed by atoms with van der Waals surface area (Å²) in [6, 6.07) is 13.6. The fraction of sp³-hybridized carbons (Fsp3) is 0.353. The first-order chi connectivity index (χ1) is 9.96. The van der Waals surface area contributed by atoms with Gasteiger partial charge in [-0.05, 0) is 29.8 Å². The average molecular weight is 306 g/mol. The summed E-state index contributed by atoms with van der Waals surface area (Å²) < 4.78 is 6.98. The van der Waals surface area contributed by atoms with Crippen LogP contribution in [0.4, 0.5) is 0 Å². The van der Waals surface area contributed by atoms with Gasteiger partial charge in [0.05, 0.1) is 33.4 Å². The van der Waals surface area contributed by atoms with E-state index < -0.39 is 0 Å². The molecule has 2 rings (SSSR count). The molecule has 0 bridgehead atoms. The highest BCUT2D eigenvalue weighted by atomic mass is 35.5. The average Bonchev–Trinajstić information content (AvgIpc) is 2.45. The van der Waals surface area contributed by atoms with Crippen molar-refractivity contribution in [2.45, 2.75) is 6.10 Å². The Morgan fingerprint density at radius 3 is 2.38 bits per heavy atom. The number of likely N-dealkylation sites (N-methyl/N-ethyl adjacent to an activating group) is 1. The molecule has 0 fully saturated rings. The number of hydrogen-bond donors (Lipinski definition) is 0. The maximum absolute atomic E-state index is 6.11. The molecule has 0 N–H and O–H groups in total. The first kappa shape index (κ1) is 16.0. The molecule has 0 saturated heterocycles. The van der Waals surface area contributed by atoms with Crippen LogP contribution in [0.2, 0.25) is 5.02 Å². The summed E-state index contributed by atoms with van der Waals surface area (Å²) in [5, 5.41) is 0.727. The van der Waals surface area contributed by atoms with Crippen LogP contribution in [0.3, 0.4) is 0 Å². The number of nitrogens with zero attached hydrogens (tertiary/aromatic N) is 2. The van der Waals surface area contributed by atoms with Gasteiger partial charge in [0.1, 0.15) is 12.6 Å². The zero-order chi connectivity index (χ0) is 15.3. The topological polar surface area (TPSA) is 22.1 Å². The monoisotopic (exact) mass is 305 g/mol. The number of aromatic nitrogens is 1. The van der Waals surface area contributed by atoms with Crippen LogP contribution in [0.25, 0.3) is 0 Å². The third-order valence-corrected chi connectivity index (χ3v) is 3.43. The van der Waals surface area contributed by atoms with Crippen molar-refractivity contribution >= 4 is 11.6 Å². The van der Waals surface area contributed by atoms with E-state index in [9.17, 15) is 0 Å². The molecular formula is C17H22ClN2O+. The first-order valence-electron chi connectivity index (χ1n) is 7.04. The van der Waals surface area contributed by atoms with Crippen LogP contribution in [-0.2, 0) is 4.74 Å². The lowest BCUT2D eigenvalue weighted by atomic mass is 10.1. The largest absolute Gasteiger partial charge is 0.361 e. The van der Waals surface area contributed by atoms with Crippen LogP contribution in [0, 0.1) is 0 Å². The van der Waals surface area contributed by atoms with E-state index >= 15 is 0 Å². The van der Waals surface area contributed by atoms with E-state index in [0.29, 0.717) is 6.61 Å². The molecule has 1 unspecified atom stereocenters. The summed E-state index contributed by atoms with van der Waals surface area (Å²) >= 11 is 5.97. The van der Waals surface area contributed by atoms with Gasteiger partial charge in [-0.3, -0.25) is 4.98 Å². The predicted octanol–water partition coefficient (Wildman–Crippen LogP) is 3.55. The Balaban J connectivity index is 2.17. The molecule has 1 aromatic carbocycles. The second-order valence-corrected chi connectivity index (χ2v) is 6.51. The number of ether oxygens (including phenoxy) is 1. The molecule has 0 aliphatic heterocycles. The predicted molar refractivity (Wildman–Crippen MR) is 86.4 cm³/mol. The number of quaternary nitrogens is 1. The van der Waals surface area contributed by atoms with Gasteiger partial charge in [-0.2, -0.15) is 0 Å². The highest BCUT2D eigenvalue weighted by Gasteiger charge is 2.17. The van der Waals surface area contributed by atoms with Crippen LogP contribution in [-0.4, -0.2) is 43.8 Å². The van der Waals surface area contributed by atoms with Crippen LogP contribution < -0.4 is 0 Å². The molecular weight excluding hydrogens is 284 g/mol. The highest BCUT2D eigenvalue weighted by molar-refractivity contribution is 6.30. The van der Waals surface area contributed by atoms with Gasteiger partial charge in [0.2, 0.25) is 0 Å². The Bertz CT molecular complexity index is 549. The number of rotatable bonds is 6. The molecule has 4 heteroatoms. The fourth-order valence-corrected chi connectivity index (χ4v) is 2.09. The van der Waals surface area contributed by atoms with Gasteiger partial charge >= 0.3 is 0 Å². The number of hydrogen-bond acceptors (Lipinski definition) is 2. The molecule has 0 aliphatic rings. The summed E-state index contributed by atoms with van der Waals surface area (Å²) in [5.41, 5.74) is 1.99. The minimum absolute atomic E-state index is 0.157. The maximum Gasteiger partial charge on any atom is 0.125 e. The third-order valence-electron chi connectivity index (χ3n) is 3.18. The van der Waals surface area contributed by atoms with Gasteiger partial charge in [-0.15, -0.1) is 0 Å². The van der Waals surface area contributed by atoms with Gasteiger partial charge in [-0.25, -0.2) is 0 Å². The van der Waals surface area contributed by atoms with E-state index in [1.54, 1.807) is 6.20 Å². The fourth-order valence-electron chi connectivity index (χ4n) is 1.97. The van der Waals surface area contributed by atoms with E-state index in [-0.39, 0.29) is 6.10 Å². The maximum atomic E-state index is 6.11. The highest BCUT2D eigenvalue weighted by Crippen LogP contribution is 2.25. The quantitative estimate of drug-likeness (QED) is 0.762. The van der Waals surface area contributed by atoms with E-state index in [0.717, 1.165) is 27.3 Å². The Morgan fingerprint density at radius 2 is 1.81 bits per heavy atom. The lowest BCUT2D eigenvalue weighted by Gasteiger charge is -2.25. The lowest BCUT2D eigenvalue weighted by Crippen LogP contribution is -2.37. The molecule has 0 spiro atoms. The molecule has 112 valence electrons. The van der Waals surface area contributed by atoms with E-state index in [1.807, 2.05) is 42.5 Å². The molecule has 0 saturated carbocycles. The zero-order valence-electron chi connectivity index (χ0n) is 12.8. The summed E-state index contributed by atoms with van der Waals surface area (Å²) in [4.78, 5) is 4.43. The molecule has 1 aromatic heterocycles. The second-order valence-electron chi connectivity index (χ2n) is 6.07. The molecule has 21 heavy (non-hydrogen) atoms. The first-order valence-corrected chi connectivity index (χ1v) is 7.42. The normalized spacial score (nSPS) is 13.1. The molecule has 1 atom stereocenters. The number of pyridine rings is 1. The Labute approximate surface area is 131 Å². The van der Waals surface area contributed by atoms with Crippen LogP contribution >= 0.6 is 11.6 Å². The van der Waals surface area contributed by atoms with Crippen LogP contribution in [0.1, 0.15) is 17.4 Å². The van der Waals surface area contributed by atoms with E-state index in [1.165, 1.54) is 0 Å². The van der Waals surface area contributed by atoms with Crippen molar-refractivity contribution < 1.29 is 9.22 Å². The van der Waals surface area contributed by atoms with E-state index in [4.69, 9.17) is 16.3 Å². The van der Waals surface area contributed by atoms with Gasteiger partial charge in [-0.1, -0.05) is 29.8 Å². The standard InChI is InChI=1S/C17H22ClN2O/c1-20(2,3)12-13-21-17(16-6-4-5-11-19-16)14-7-9-15(18)10-8-14/h4-11,17H,12-13H2,1-3H3/q+1. The molecule has 0 amide bonds. The summed E-state index contributed by atoms with van der Waals surface area (Å²) in [6.07, 6.45) is 1.64. The Kier molecular flexibility index (Phi) is 5.34. The van der Waals surface area contributed by atoms with Crippen molar-refractivity contribution in [2.24, 2.45) is 0 Å². The number of halogens is 1.